The van der Waals surface area contributed by atoms with Crippen LogP contribution >= 0.6 is 15.9 Å². The van der Waals surface area contributed by atoms with Crippen LogP contribution in [0.5, 0.6) is 0 Å². The highest BCUT2D eigenvalue weighted by atomic mass is 79.9. The van der Waals surface area contributed by atoms with Gasteiger partial charge >= 0.3 is 5.97 Å². The number of ketones is 1. The maximum atomic E-state index is 11.5. The third-order valence-electron chi connectivity index (χ3n) is 2.79. The molecule has 1 heterocycles. The molecule has 2 rings (SSSR count). The summed E-state index contributed by atoms with van der Waals surface area (Å²) >= 11 is 3.21. The molecule has 0 amide bonds. The van der Waals surface area contributed by atoms with Crippen LogP contribution in [-0.4, -0.2) is 17.9 Å². The van der Waals surface area contributed by atoms with E-state index in [4.69, 9.17) is 4.74 Å². The van der Waals surface area contributed by atoms with E-state index < -0.39 is 12.1 Å². The van der Waals surface area contributed by atoms with E-state index in [2.05, 4.69) is 21.2 Å². The van der Waals surface area contributed by atoms with E-state index in [0.29, 0.717) is 16.7 Å². The molecular formula is C14H14BrNO3. The van der Waals surface area contributed by atoms with Crippen molar-refractivity contribution in [2.45, 2.75) is 26.0 Å². The number of Topliss-reactive ketones (excluding diaryl/α,β-unsaturated/α-hetero) is 1. The van der Waals surface area contributed by atoms with Gasteiger partial charge in [-0.05, 0) is 28.4 Å². The summed E-state index contributed by atoms with van der Waals surface area (Å²) in [5.41, 5.74) is 1.74. The van der Waals surface area contributed by atoms with E-state index in [1.54, 1.807) is 0 Å². The Bertz CT molecular complexity index is 525. The number of ether oxygens (including phenoxy) is 1. The monoisotopic (exact) mass is 323 g/mol. The van der Waals surface area contributed by atoms with Crippen LogP contribution in [0.2, 0.25) is 0 Å². The zero-order valence-corrected chi connectivity index (χ0v) is 12.1. The van der Waals surface area contributed by atoms with Crippen LogP contribution in [0.3, 0.4) is 0 Å². The van der Waals surface area contributed by atoms with Crippen molar-refractivity contribution in [2.24, 2.45) is 0 Å². The fourth-order valence-corrected chi connectivity index (χ4v) is 2.37. The van der Waals surface area contributed by atoms with E-state index in [9.17, 15) is 9.59 Å². The van der Waals surface area contributed by atoms with Crippen molar-refractivity contribution in [3.05, 3.63) is 46.1 Å². The molecule has 1 aromatic rings. The molecule has 4 nitrogen and oxygen atoms in total. The fourth-order valence-electron chi connectivity index (χ4n) is 1.88. The molecular weight excluding hydrogens is 310 g/mol. The van der Waals surface area contributed by atoms with Crippen molar-refractivity contribution < 1.29 is 14.3 Å². The molecule has 19 heavy (non-hydrogen) atoms. The van der Waals surface area contributed by atoms with E-state index in [1.165, 1.54) is 6.92 Å². The number of esters is 1. The molecule has 1 aromatic carbocycles. The SMILES string of the molecule is CC(=O)C[C@H]1OC(=O)C(Br)=C1NCc1ccccc1. The summed E-state index contributed by atoms with van der Waals surface area (Å²) < 4.78 is 5.51. The predicted molar refractivity (Wildman–Crippen MR) is 74.4 cm³/mol. The Labute approximate surface area is 120 Å². The van der Waals surface area contributed by atoms with Crippen LogP contribution in [0.25, 0.3) is 0 Å². The molecule has 1 atom stereocenters. The Kier molecular flexibility index (Phi) is 4.37. The quantitative estimate of drug-likeness (QED) is 0.845. The second kappa shape index (κ2) is 6.02. The maximum absolute atomic E-state index is 11.5. The van der Waals surface area contributed by atoms with Gasteiger partial charge in [0.1, 0.15) is 16.4 Å². The first-order chi connectivity index (χ1) is 9.08. The van der Waals surface area contributed by atoms with Crippen molar-refractivity contribution in [3.63, 3.8) is 0 Å². The van der Waals surface area contributed by atoms with E-state index >= 15 is 0 Å². The lowest BCUT2D eigenvalue weighted by Gasteiger charge is -2.14. The fraction of sp³-hybridized carbons (Fsp3) is 0.286. The summed E-state index contributed by atoms with van der Waals surface area (Å²) in [5, 5.41) is 3.17. The summed E-state index contributed by atoms with van der Waals surface area (Å²) in [5.74, 6) is -0.444. The number of carbonyl (C=O) groups is 2. The Morgan fingerprint density at radius 2 is 2.05 bits per heavy atom. The van der Waals surface area contributed by atoms with Crippen molar-refractivity contribution in [1.82, 2.24) is 5.32 Å². The minimum absolute atomic E-state index is 0.0148. The molecule has 0 bridgehead atoms. The van der Waals surface area contributed by atoms with Gasteiger partial charge in [-0.15, -0.1) is 0 Å². The van der Waals surface area contributed by atoms with E-state index in [1.807, 2.05) is 30.3 Å². The molecule has 0 unspecified atom stereocenters. The van der Waals surface area contributed by atoms with Crippen molar-refractivity contribution in [1.29, 1.82) is 0 Å². The van der Waals surface area contributed by atoms with Gasteiger partial charge in [0.2, 0.25) is 0 Å². The minimum atomic E-state index is -0.511. The van der Waals surface area contributed by atoms with Crippen LogP contribution < -0.4 is 5.32 Å². The first kappa shape index (κ1) is 13.8. The van der Waals surface area contributed by atoms with Crippen molar-refractivity contribution in [2.75, 3.05) is 0 Å². The summed E-state index contributed by atoms with van der Waals surface area (Å²) in [6, 6.07) is 9.81. The van der Waals surface area contributed by atoms with Crippen LogP contribution in [0.4, 0.5) is 0 Å². The van der Waals surface area contributed by atoms with Gasteiger partial charge in [0.05, 0.1) is 5.70 Å². The zero-order valence-electron chi connectivity index (χ0n) is 10.5. The number of cyclic esters (lactones) is 1. The predicted octanol–water partition coefficient (Wildman–Crippen LogP) is 2.29. The second-order valence-electron chi connectivity index (χ2n) is 4.37. The minimum Gasteiger partial charge on any atom is -0.451 e. The van der Waals surface area contributed by atoms with Crippen LogP contribution in [0, 0.1) is 0 Å². The number of hydrogen-bond acceptors (Lipinski definition) is 4. The van der Waals surface area contributed by atoms with Gasteiger partial charge in [-0.3, -0.25) is 4.79 Å². The number of carbonyl (C=O) groups excluding carboxylic acids is 2. The molecule has 0 saturated carbocycles. The van der Waals surface area contributed by atoms with E-state index in [-0.39, 0.29) is 12.2 Å². The van der Waals surface area contributed by atoms with Gasteiger partial charge in [0, 0.05) is 13.0 Å². The summed E-state index contributed by atoms with van der Waals surface area (Å²) in [4.78, 5) is 22.7. The molecule has 0 radical (unpaired) electrons. The summed E-state index contributed by atoms with van der Waals surface area (Å²) in [6.07, 6.45) is -0.319. The lowest BCUT2D eigenvalue weighted by molar-refractivity contribution is -0.140. The number of rotatable bonds is 5. The molecule has 0 aromatic heterocycles. The first-order valence-corrected chi connectivity index (χ1v) is 6.75. The van der Waals surface area contributed by atoms with Gasteiger partial charge in [-0.1, -0.05) is 30.3 Å². The van der Waals surface area contributed by atoms with Gasteiger partial charge in [-0.2, -0.15) is 0 Å². The van der Waals surface area contributed by atoms with Crippen LogP contribution in [0.15, 0.2) is 40.5 Å². The Morgan fingerprint density at radius 1 is 1.37 bits per heavy atom. The van der Waals surface area contributed by atoms with Gasteiger partial charge < -0.3 is 10.1 Å². The first-order valence-electron chi connectivity index (χ1n) is 5.96. The molecule has 1 aliphatic heterocycles. The van der Waals surface area contributed by atoms with Gasteiger partial charge in [0.15, 0.2) is 0 Å². The summed E-state index contributed by atoms with van der Waals surface area (Å²) in [6.45, 7) is 2.06. The van der Waals surface area contributed by atoms with Crippen LogP contribution in [-0.2, 0) is 20.9 Å². The molecule has 100 valence electrons. The lowest BCUT2D eigenvalue weighted by atomic mass is 10.1. The molecule has 5 heteroatoms. The number of benzene rings is 1. The Balaban J connectivity index is 2.07. The number of hydrogen-bond donors (Lipinski definition) is 1. The van der Waals surface area contributed by atoms with Gasteiger partial charge in [-0.25, -0.2) is 4.79 Å². The molecule has 0 saturated heterocycles. The third kappa shape index (κ3) is 3.44. The van der Waals surface area contributed by atoms with Crippen molar-refractivity contribution in [3.8, 4) is 0 Å². The highest BCUT2D eigenvalue weighted by molar-refractivity contribution is 9.12. The molecule has 1 N–H and O–H groups in total. The Hall–Kier alpha value is -1.62. The second-order valence-corrected chi connectivity index (χ2v) is 5.16. The largest absolute Gasteiger partial charge is 0.451 e. The average molecular weight is 324 g/mol. The smallest absolute Gasteiger partial charge is 0.347 e. The highest BCUT2D eigenvalue weighted by Gasteiger charge is 2.33. The maximum Gasteiger partial charge on any atom is 0.347 e. The summed E-state index contributed by atoms with van der Waals surface area (Å²) in [7, 11) is 0. The third-order valence-corrected chi connectivity index (χ3v) is 3.54. The lowest BCUT2D eigenvalue weighted by Crippen LogP contribution is -2.24. The highest BCUT2D eigenvalue weighted by Crippen LogP contribution is 2.27. The molecule has 1 aliphatic rings. The normalized spacial score (nSPS) is 18.4. The molecule has 0 aliphatic carbocycles. The average Bonchev–Trinajstić information content (AvgIpc) is 2.63. The number of halogens is 1. The van der Waals surface area contributed by atoms with E-state index in [0.717, 1.165) is 5.56 Å². The Morgan fingerprint density at radius 3 is 2.68 bits per heavy atom. The standard InChI is InChI=1S/C14H14BrNO3/c1-9(17)7-11-13(12(15)14(18)19-11)16-8-10-5-3-2-4-6-10/h2-6,11,16H,7-8H2,1H3/t11-/m1/s1. The van der Waals surface area contributed by atoms with Crippen LogP contribution in [0.1, 0.15) is 18.9 Å². The van der Waals surface area contributed by atoms with Gasteiger partial charge in [0.25, 0.3) is 0 Å². The number of nitrogens with one attached hydrogen (secondary N) is 1. The molecule has 0 fully saturated rings. The zero-order chi connectivity index (χ0) is 13.8. The van der Waals surface area contributed by atoms with Crippen molar-refractivity contribution >= 4 is 27.7 Å². The molecule has 0 spiro atoms. The topological polar surface area (TPSA) is 55.4 Å².